The number of hydrogen-bond acceptors (Lipinski definition) is 10. The van der Waals surface area contributed by atoms with Gasteiger partial charge in [-0.2, -0.15) is 0 Å². The van der Waals surface area contributed by atoms with Crippen LogP contribution in [0, 0.1) is 0 Å². The molecule has 10 nitrogen and oxygen atoms in total. The molecular weight excluding hydrogens is 388 g/mol. The van der Waals surface area contributed by atoms with Crippen molar-refractivity contribution in [1.82, 2.24) is 0 Å². The number of aliphatic hydroxyl groups is 2. The van der Waals surface area contributed by atoms with E-state index in [-0.39, 0.29) is 30.4 Å². The maximum Gasteiger partial charge on any atom is 0.340 e. The summed E-state index contributed by atoms with van der Waals surface area (Å²) in [7, 11) is 0. The normalized spacial score (nSPS) is 39.2. The minimum Gasteiger partial charge on any atom is -0.461 e. The highest BCUT2D eigenvalue weighted by Crippen LogP contribution is 2.57. The molecule has 5 atom stereocenters. The summed E-state index contributed by atoms with van der Waals surface area (Å²) in [6, 6.07) is 0. The SMILES string of the molecule is CC(=O)OCC1=C2C(OC(C)=O)C[C@@](C)(O)C(=O)CC[C@@](C)(O)[C@@H]3O[C@]23OC1=O. The van der Waals surface area contributed by atoms with Gasteiger partial charge in [0.25, 0.3) is 5.79 Å². The first kappa shape index (κ1) is 21.4. The highest BCUT2D eigenvalue weighted by Gasteiger charge is 2.75. The molecule has 2 N–H and O–H groups in total. The second-order valence-corrected chi connectivity index (χ2v) is 8.08. The lowest BCUT2D eigenvalue weighted by Crippen LogP contribution is -2.47. The van der Waals surface area contributed by atoms with E-state index < -0.39 is 59.5 Å². The molecule has 160 valence electrons. The van der Waals surface area contributed by atoms with Gasteiger partial charge in [0.05, 0.1) is 16.7 Å². The van der Waals surface area contributed by atoms with Crippen LogP contribution in [0.2, 0.25) is 0 Å². The fourth-order valence-corrected chi connectivity index (χ4v) is 3.91. The largest absolute Gasteiger partial charge is 0.461 e. The van der Waals surface area contributed by atoms with Crippen molar-refractivity contribution in [1.29, 1.82) is 0 Å². The fraction of sp³-hybridized carbons (Fsp3) is 0.684. The molecule has 2 aliphatic heterocycles. The summed E-state index contributed by atoms with van der Waals surface area (Å²) in [4.78, 5) is 48.0. The molecule has 1 saturated heterocycles. The third kappa shape index (κ3) is 3.79. The number of carbonyl (C=O) groups is 4. The number of Topliss-reactive ketones (excluding diaryl/α,β-unsaturated/α-hetero) is 1. The lowest BCUT2D eigenvalue weighted by Gasteiger charge is -2.32. The number of ether oxygens (including phenoxy) is 4. The van der Waals surface area contributed by atoms with Crippen LogP contribution in [0.15, 0.2) is 11.1 Å². The summed E-state index contributed by atoms with van der Waals surface area (Å²) in [6.45, 7) is 4.50. The molecule has 10 heteroatoms. The van der Waals surface area contributed by atoms with Crippen LogP contribution in [0.25, 0.3) is 0 Å². The van der Waals surface area contributed by atoms with Gasteiger partial charge >= 0.3 is 17.9 Å². The van der Waals surface area contributed by atoms with E-state index in [9.17, 15) is 29.4 Å². The van der Waals surface area contributed by atoms with E-state index in [0.717, 1.165) is 13.8 Å². The molecule has 0 radical (unpaired) electrons. The van der Waals surface area contributed by atoms with Gasteiger partial charge in [-0.25, -0.2) is 4.79 Å². The van der Waals surface area contributed by atoms with Crippen LogP contribution in [0.5, 0.6) is 0 Å². The second kappa shape index (κ2) is 6.89. The van der Waals surface area contributed by atoms with Crippen molar-refractivity contribution in [2.45, 2.75) is 76.2 Å². The Morgan fingerprint density at radius 2 is 1.83 bits per heavy atom. The molecule has 29 heavy (non-hydrogen) atoms. The summed E-state index contributed by atoms with van der Waals surface area (Å²) >= 11 is 0. The van der Waals surface area contributed by atoms with Crippen molar-refractivity contribution in [3.63, 3.8) is 0 Å². The van der Waals surface area contributed by atoms with Crippen LogP contribution in [-0.2, 0) is 38.1 Å². The third-order valence-electron chi connectivity index (χ3n) is 5.43. The number of ketones is 1. The van der Waals surface area contributed by atoms with Crippen molar-refractivity contribution in [3.05, 3.63) is 11.1 Å². The monoisotopic (exact) mass is 412 g/mol. The molecule has 1 spiro atoms. The van der Waals surface area contributed by atoms with Crippen molar-refractivity contribution in [2.75, 3.05) is 6.61 Å². The van der Waals surface area contributed by atoms with E-state index in [1.165, 1.54) is 13.8 Å². The number of hydrogen-bond donors (Lipinski definition) is 2. The van der Waals surface area contributed by atoms with Gasteiger partial charge in [0.15, 0.2) is 11.9 Å². The van der Waals surface area contributed by atoms with Gasteiger partial charge in [0.1, 0.15) is 18.3 Å². The average Bonchev–Trinajstić information content (AvgIpc) is 3.21. The van der Waals surface area contributed by atoms with E-state index in [1.807, 2.05) is 0 Å². The van der Waals surface area contributed by atoms with Crippen LogP contribution >= 0.6 is 0 Å². The van der Waals surface area contributed by atoms with Gasteiger partial charge in [-0.05, 0) is 20.3 Å². The zero-order chi connectivity index (χ0) is 21.8. The van der Waals surface area contributed by atoms with Crippen molar-refractivity contribution >= 4 is 23.7 Å². The van der Waals surface area contributed by atoms with Gasteiger partial charge in [-0.15, -0.1) is 0 Å². The summed E-state index contributed by atoms with van der Waals surface area (Å²) in [5, 5.41) is 21.5. The number of carbonyl (C=O) groups excluding carboxylic acids is 4. The van der Waals surface area contributed by atoms with Crippen molar-refractivity contribution in [2.24, 2.45) is 0 Å². The third-order valence-corrected chi connectivity index (χ3v) is 5.43. The minimum absolute atomic E-state index is 0.0270. The highest BCUT2D eigenvalue weighted by atomic mass is 16.8. The average molecular weight is 412 g/mol. The van der Waals surface area contributed by atoms with E-state index >= 15 is 0 Å². The number of rotatable bonds is 3. The number of esters is 3. The van der Waals surface area contributed by atoms with Crippen molar-refractivity contribution < 1.29 is 48.3 Å². The molecule has 0 aromatic rings. The highest BCUT2D eigenvalue weighted by molar-refractivity contribution is 5.95. The van der Waals surface area contributed by atoms with Crippen LogP contribution in [0.4, 0.5) is 0 Å². The summed E-state index contributed by atoms with van der Waals surface area (Å²) < 4.78 is 21.3. The molecule has 0 aromatic carbocycles. The lowest BCUT2D eigenvalue weighted by molar-refractivity contribution is -0.154. The molecule has 0 aromatic heterocycles. The predicted octanol–water partition coefficient (Wildman–Crippen LogP) is -0.315. The Morgan fingerprint density at radius 3 is 2.41 bits per heavy atom. The standard InChI is InChI=1S/C19H24O10/c1-9(20)26-8-11-14-12(27-10(2)21)7-18(4,25)13(22)5-6-17(3,24)16-19(14,29-16)28-15(11)23/h12,16,24-25H,5-8H2,1-4H3/t12?,16-,17+,18+,19+/m0/s1. The van der Waals surface area contributed by atoms with Crippen LogP contribution in [0.3, 0.4) is 0 Å². The Hall–Kier alpha value is -2.30. The first-order valence-electron chi connectivity index (χ1n) is 9.23. The molecule has 2 heterocycles. The molecule has 1 aliphatic carbocycles. The van der Waals surface area contributed by atoms with Crippen LogP contribution < -0.4 is 0 Å². The predicted molar refractivity (Wildman–Crippen MR) is 93.0 cm³/mol. The molecule has 0 amide bonds. The number of epoxide rings is 1. The molecule has 1 saturated carbocycles. The summed E-state index contributed by atoms with van der Waals surface area (Å²) in [6.07, 6.45) is -2.85. The minimum atomic E-state index is -1.91. The van der Waals surface area contributed by atoms with E-state index in [2.05, 4.69) is 0 Å². The van der Waals surface area contributed by atoms with E-state index in [4.69, 9.17) is 18.9 Å². The fourth-order valence-electron chi connectivity index (χ4n) is 3.91. The first-order valence-corrected chi connectivity index (χ1v) is 9.23. The van der Waals surface area contributed by atoms with E-state index in [0.29, 0.717) is 0 Å². The quantitative estimate of drug-likeness (QED) is 0.359. The summed E-state index contributed by atoms with van der Waals surface area (Å²) in [5.41, 5.74) is -3.58. The topological polar surface area (TPSA) is 149 Å². The zero-order valence-corrected chi connectivity index (χ0v) is 16.6. The molecular formula is C19H24O10. The van der Waals surface area contributed by atoms with E-state index in [1.54, 1.807) is 0 Å². The maximum absolute atomic E-state index is 12.5. The Labute approximate surface area is 166 Å². The summed E-state index contributed by atoms with van der Waals surface area (Å²) in [5.74, 6) is -4.52. The van der Waals surface area contributed by atoms with Gasteiger partial charge in [0, 0.05) is 26.7 Å². The molecule has 3 aliphatic rings. The molecule has 2 fully saturated rings. The van der Waals surface area contributed by atoms with Gasteiger partial charge in [0.2, 0.25) is 0 Å². The smallest absolute Gasteiger partial charge is 0.340 e. The Bertz CT molecular complexity index is 808. The van der Waals surface area contributed by atoms with Gasteiger partial charge in [-0.1, -0.05) is 0 Å². The Morgan fingerprint density at radius 1 is 1.17 bits per heavy atom. The lowest BCUT2D eigenvalue weighted by atomic mass is 9.79. The molecule has 1 unspecified atom stereocenters. The second-order valence-electron chi connectivity index (χ2n) is 8.08. The van der Waals surface area contributed by atoms with Crippen molar-refractivity contribution in [3.8, 4) is 0 Å². The molecule has 0 bridgehead atoms. The zero-order valence-electron chi connectivity index (χ0n) is 16.6. The van der Waals surface area contributed by atoms with Gasteiger partial charge in [-0.3, -0.25) is 14.4 Å². The Kier molecular flexibility index (Phi) is 5.09. The van der Waals surface area contributed by atoms with Crippen LogP contribution in [-0.4, -0.2) is 69.7 Å². The van der Waals surface area contributed by atoms with Gasteiger partial charge < -0.3 is 29.2 Å². The Balaban J connectivity index is 2.14. The maximum atomic E-state index is 12.5. The first-order chi connectivity index (χ1) is 13.3. The van der Waals surface area contributed by atoms with Crippen LogP contribution in [0.1, 0.15) is 47.0 Å². The molecule has 3 rings (SSSR count).